The summed E-state index contributed by atoms with van der Waals surface area (Å²) >= 11 is 0. The molecule has 0 radical (unpaired) electrons. The summed E-state index contributed by atoms with van der Waals surface area (Å²) in [6.45, 7) is 0. The molecule has 0 bridgehead atoms. The van der Waals surface area contributed by atoms with Crippen molar-refractivity contribution in [3.8, 4) is 28.4 Å². The van der Waals surface area contributed by atoms with Gasteiger partial charge in [-0.05, 0) is 118 Å². The van der Waals surface area contributed by atoms with Crippen LogP contribution in [0.3, 0.4) is 0 Å². The van der Waals surface area contributed by atoms with E-state index in [2.05, 4.69) is 72.8 Å². The zero-order valence-electron chi connectivity index (χ0n) is 26.9. The van der Waals surface area contributed by atoms with Gasteiger partial charge in [0.15, 0.2) is 11.5 Å². The molecular weight excluding hydrogens is 612 g/mol. The molecule has 3 atom stereocenters. The minimum atomic E-state index is -0.819. The van der Waals surface area contributed by atoms with Gasteiger partial charge in [-0.25, -0.2) is 0 Å². The Morgan fingerprint density at radius 2 is 1.41 bits per heavy atom. The van der Waals surface area contributed by atoms with E-state index in [9.17, 15) is 30.6 Å². The first-order valence-electron chi connectivity index (χ1n) is 16.9. The molecule has 4 aliphatic rings. The van der Waals surface area contributed by atoms with E-state index in [0.717, 1.165) is 56.5 Å². The Bertz CT molecular complexity index is 2100. The van der Waals surface area contributed by atoms with Crippen molar-refractivity contribution >= 4 is 0 Å². The van der Waals surface area contributed by atoms with Crippen LogP contribution in [0.15, 0.2) is 144 Å². The van der Waals surface area contributed by atoms with Gasteiger partial charge in [0.25, 0.3) is 0 Å². The molecule has 4 aromatic rings. The van der Waals surface area contributed by atoms with Crippen LogP contribution in [0.25, 0.3) is 11.1 Å². The van der Waals surface area contributed by atoms with Gasteiger partial charge in [-0.2, -0.15) is 0 Å². The lowest BCUT2D eigenvalue weighted by Crippen LogP contribution is -2.31. The SMILES string of the molecule is OC1=CC2CC=C(C3(c4ccc(O)c(Cc5ccc(O)c(O)c5)c4)c4ccccc4-c4ccccc43)C=C2C=C1CC1C=C(O)C(O)CC1. The van der Waals surface area contributed by atoms with Crippen molar-refractivity contribution in [1.82, 2.24) is 0 Å². The second-order valence-corrected chi connectivity index (χ2v) is 13.7. The number of aliphatic hydroxyl groups excluding tert-OH is 3. The maximum Gasteiger partial charge on any atom is 0.157 e. The zero-order valence-corrected chi connectivity index (χ0v) is 26.9. The van der Waals surface area contributed by atoms with Gasteiger partial charge in [-0.3, -0.25) is 0 Å². The lowest BCUT2D eigenvalue weighted by molar-refractivity contribution is 0.126. The van der Waals surface area contributed by atoms with Crippen LogP contribution >= 0.6 is 0 Å². The first-order chi connectivity index (χ1) is 23.7. The Morgan fingerprint density at radius 3 is 2.12 bits per heavy atom. The molecule has 0 fully saturated rings. The van der Waals surface area contributed by atoms with Crippen LogP contribution in [-0.2, 0) is 11.8 Å². The molecule has 6 nitrogen and oxygen atoms in total. The molecule has 0 spiro atoms. The van der Waals surface area contributed by atoms with Crippen LogP contribution < -0.4 is 0 Å². The van der Waals surface area contributed by atoms with Crippen LogP contribution in [0, 0.1) is 11.8 Å². The highest BCUT2D eigenvalue weighted by Crippen LogP contribution is 2.58. The molecule has 0 saturated carbocycles. The molecule has 6 heteroatoms. The van der Waals surface area contributed by atoms with E-state index in [1.54, 1.807) is 18.2 Å². The lowest BCUT2D eigenvalue weighted by Gasteiger charge is -2.38. The molecular formula is C43H38O6. The normalized spacial score (nSPS) is 22.1. The molecule has 49 heavy (non-hydrogen) atoms. The Kier molecular flexibility index (Phi) is 7.49. The van der Waals surface area contributed by atoms with Gasteiger partial charge in [0.2, 0.25) is 0 Å². The molecule has 3 unspecified atom stereocenters. The number of fused-ring (bicyclic) bond motifs is 4. The van der Waals surface area contributed by atoms with Crippen LogP contribution in [0.1, 0.15) is 53.5 Å². The highest BCUT2D eigenvalue weighted by molar-refractivity contribution is 5.87. The third-order valence-corrected chi connectivity index (χ3v) is 10.7. The highest BCUT2D eigenvalue weighted by atomic mass is 16.3. The Labute approximate surface area is 285 Å². The second-order valence-electron chi connectivity index (χ2n) is 13.7. The summed E-state index contributed by atoms with van der Waals surface area (Å²) in [5.41, 5.74) is 9.40. The lowest BCUT2D eigenvalue weighted by atomic mass is 9.64. The first-order valence-corrected chi connectivity index (χ1v) is 16.9. The van der Waals surface area contributed by atoms with Crippen LogP contribution in [-0.4, -0.2) is 36.7 Å². The largest absolute Gasteiger partial charge is 0.510 e. The fraction of sp³-hybridized carbons (Fsp3) is 0.209. The van der Waals surface area contributed by atoms with Gasteiger partial charge in [0.05, 0.1) is 5.41 Å². The Hall–Kier alpha value is -5.46. The number of hydrogen-bond acceptors (Lipinski definition) is 6. The summed E-state index contributed by atoms with van der Waals surface area (Å²) in [5.74, 6) is 0.0759. The van der Waals surface area contributed by atoms with Crippen molar-refractivity contribution in [2.75, 3.05) is 0 Å². The van der Waals surface area contributed by atoms with E-state index in [0.29, 0.717) is 31.2 Å². The van der Waals surface area contributed by atoms with Crippen molar-refractivity contribution in [3.05, 3.63) is 171 Å². The summed E-state index contributed by atoms with van der Waals surface area (Å²) in [6, 6.07) is 27.5. The number of aliphatic hydroxyl groups is 3. The van der Waals surface area contributed by atoms with Gasteiger partial charge >= 0.3 is 0 Å². The fourth-order valence-electron chi connectivity index (χ4n) is 8.33. The van der Waals surface area contributed by atoms with E-state index in [4.69, 9.17) is 0 Å². The Balaban J connectivity index is 1.27. The number of phenolic OH excluding ortho intramolecular Hbond substituents is 3. The number of phenols is 3. The van der Waals surface area contributed by atoms with E-state index in [-0.39, 0.29) is 40.6 Å². The van der Waals surface area contributed by atoms with Crippen molar-refractivity contribution in [1.29, 1.82) is 0 Å². The van der Waals surface area contributed by atoms with Crippen molar-refractivity contribution in [2.24, 2.45) is 11.8 Å². The van der Waals surface area contributed by atoms with Gasteiger partial charge in [0.1, 0.15) is 23.4 Å². The number of aromatic hydroxyl groups is 3. The predicted molar refractivity (Wildman–Crippen MR) is 190 cm³/mol. The molecule has 0 aromatic heterocycles. The van der Waals surface area contributed by atoms with E-state index >= 15 is 0 Å². The van der Waals surface area contributed by atoms with Gasteiger partial charge < -0.3 is 30.6 Å². The van der Waals surface area contributed by atoms with Gasteiger partial charge in [-0.15, -0.1) is 0 Å². The summed E-state index contributed by atoms with van der Waals surface area (Å²) in [6.07, 6.45) is 12.3. The van der Waals surface area contributed by atoms with E-state index in [1.807, 2.05) is 12.1 Å². The Morgan fingerprint density at radius 1 is 0.694 bits per heavy atom. The minimum absolute atomic E-state index is 0.00657. The van der Waals surface area contributed by atoms with E-state index < -0.39 is 11.5 Å². The standard InChI is InChI=1S/C43H38O6/c44-37-16-13-32(23-30(37)18-26-10-15-39(46)42(49)20-26)43(35-7-3-1-5-33(35)34-6-2-4-8-36(34)43)31-12-11-27-24-40(47)29(21-28(27)22-31)17-25-9-14-38(45)41(48)19-25/h1-8,10,12-13,15-16,19-25,27,38,44-49H,9,11,14,17-18H2. The minimum Gasteiger partial charge on any atom is -0.510 e. The molecule has 4 aromatic carbocycles. The average Bonchev–Trinajstić information content (AvgIpc) is 3.40. The van der Waals surface area contributed by atoms with Crippen LogP contribution in [0.2, 0.25) is 0 Å². The molecule has 246 valence electrons. The molecule has 0 aliphatic heterocycles. The third-order valence-electron chi connectivity index (χ3n) is 10.7. The van der Waals surface area contributed by atoms with E-state index in [1.165, 1.54) is 12.1 Å². The zero-order chi connectivity index (χ0) is 33.9. The van der Waals surface area contributed by atoms with Crippen molar-refractivity contribution in [3.63, 3.8) is 0 Å². The number of allylic oxidation sites excluding steroid dienone is 8. The van der Waals surface area contributed by atoms with Crippen molar-refractivity contribution in [2.45, 2.75) is 43.6 Å². The average molecular weight is 651 g/mol. The van der Waals surface area contributed by atoms with Crippen molar-refractivity contribution < 1.29 is 30.6 Å². The highest BCUT2D eigenvalue weighted by Gasteiger charge is 2.47. The van der Waals surface area contributed by atoms with Gasteiger partial charge in [-0.1, -0.05) is 85.0 Å². The predicted octanol–water partition coefficient (Wildman–Crippen LogP) is 8.57. The maximum atomic E-state index is 11.1. The molecule has 0 amide bonds. The third kappa shape index (κ3) is 5.15. The number of rotatable bonds is 6. The summed E-state index contributed by atoms with van der Waals surface area (Å²) in [4.78, 5) is 0. The topological polar surface area (TPSA) is 121 Å². The summed E-state index contributed by atoms with van der Waals surface area (Å²) in [5, 5.41) is 62.4. The smallest absolute Gasteiger partial charge is 0.157 e. The number of benzene rings is 4. The quantitative estimate of drug-likeness (QED) is 0.116. The maximum absolute atomic E-state index is 11.1. The second kappa shape index (κ2) is 11.9. The molecule has 6 N–H and O–H groups in total. The molecule has 8 rings (SSSR count). The molecule has 0 saturated heterocycles. The molecule has 0 heterocycles. The summed E-state index contributed by atoms with van der Waals surface area (Å²) in [7, 11) is 0. The molecule has 4 aliphatic carbocycles. The first kappa shape index (κ1) is 30.8. The van der Waals surface area contributed by atoms with Crippen LogP contribution in [0.5, 0.6) is 17.2 Å². The fourth-order valence-corrected chi connectivity index (χ4v) is 8.33. The monoisotopic (exact) mass is 650 g/mol. The van der Waals surface area contributed by atoms with Gasteiger partial charge in [0, 0.05) is 12.3 Å². The number of hydrogen-bond donors (Lipinski definition) is 6. The van der Waals surface area contributed by atoms with Crippen LogP contribution in [0.4, 0.5) is 0 Å². The summed E-state index contributed by atoms with van der Waals surface area (Å²) < 4.78 is 0.